The van der Waals surface area contributed by atoms with Crippen molar-refractivity contribution in [2.75, 3.05) is 0 Å². The Hall–Kier alpha value is -4.51. The van der Waals surface area contributed by atoms with E-state index in [1.165, 1.54) is 17.7 Å². The molecule has 4 aromatic carbocycles. The van der Waals surface area contributed by atoms with Crippen LogP contribution in [0.1, 0.15) is 78.4 Å². The second-order valence-electron chi connectivity index (χ2n) is 13.9. The standard InChI is InChI=1S/C21H15FN.C15H28O2.C11H8N.Ir/c1-13-7-14(2)9-16(8-13)19-10-15-3-4-17(22)11-20(15)18-5-6-23-12-21(18)19;1-7-14(5,8-2)12(16)11-13(17)15(6,9-3)10-4;1-2-6-10(7-3-1)11-8-4-5-9-12-11;/h3-8,10-12H,1-2H3;11,16H,7-10H2,1-6H3;1-6,8-9H;/q-1;;-1;/b;12-11-;;. The maximum Gasteiger partial charge on any atom is 0.164 e. The molecule has 0 aliphatic carbocycles. The van der Waals surface area contributed by atoms with Gasteiger partial charge in [0.15, 0.2) is 5.78 Å². The SMILES string of the molecule is CCC(C)(CC)C(=O)/C=C(\O)C(C)(CC)CC.Cc1[c-]c(-c2cc3ccc(F)cc3c3ccncc23)cc(C)c1.[Ir].[c-]1ccccc1-c1ccccn1. The number of rotatable bonds is 9. The molecule has 6 heteroatoms. The average molecular weight is 887 g/mol. The summed E-state index contributed by atoms with van der Waals surface area (Å²) in [5.41, 5.74) is 5.85. The minimum atomic E-state index is -0.337. The number of carbonyl (C=O) groups excluding carboxylic acids is 1. The number of pyridine rings is 2. The zero-order valence-corrected chi connectivity index (χ0v) is 34.6. The fourth-order valence-corrected chi connectivity index (χ4v) is 5.99. The molecule has 53 heavy (non-hydrogen) atoms. The van der Waals surface area contributed by atoms with Gasteiger partial charge in [-0.3, -0.25) is 9.78 Å². The summed E-state index contributed by atoms with van der Waals surface area (Å²) in [6, 6.07) is 33.5. The molecule has 0 unspecified atom stereocenters. The van der Waals surface area contributed by atoms with Gasteiger partial charge < -0.3 is 10.1 Å². The summed E-state index contributed by atoms with van der Waals surface area (Å²) in [5, 5.41) is 14.1. The first-order valence-electron chi connectivity index (χ1n) is 18.2. The van der Waals surface area contributed by atoms with Crippen LogP contribution in [0.5, 0.6) is 0 Å². The normalized spacial score (nSPS) is 11.5. The Morgan fingerprint density at radius 2 is 1.49 bits per heavy atom. The van der Waals surface area contributed by atoms with Crippen molar-refractivity contribution in [3.8, 4) is 22.4 Å². The molecule has 1 N–H and O–H groups in total. The van der Waals surface area contributed by atoms with Gasteiger partial charge in [-0.1, -0.05) is 85.2 Å². The summed E-state index contributed by atoms with van der Waals surface area (Å²) >= 11 is 0. The molecule has 1 radical (unpaired) electrons. The number of hydrogen-bond donors (Lipinski definition) is 1. The molecule has 0 saturated heterocycles. The van der Waals surface area contributed by atoms with Crippen LogP contribution in [0.4, 0.5) is 4.39 Å². The van der Waals surface area contributed by atoms with E-state index >= 15 is 0 Å². The van der Waals surface area contributed by atoms with Crippen LogP contribution in [0.15, 0.2) is 115 Å². The molecule has 0 bridgehead atoms. The Bertz CT molecular complexity index is 2060. The maximum absolute atomic E-state index is 13.7. The van der Waals surface area contributed by atoms with Crippen LogP contribution < -0.4 is 0 Å². The largest absolute Gasteiger partial charge is 0.512 e. The molecule has 4 nitrogen and oxygen atoms in total. The Morgan fingerprint density at radius 3 is 2.09 bits per heavy atom. The Kier molecular flexibility index (Phi) is 15.8. The van der Waals surface area contributed by atoms with Gasteiger partial charge in [0.05, 0.1) is 0 Å². The molecule has 6 rings (SSSR count). The van der Waals surface area contributed by atoms with E-state index < -0.39 is 0 Å². The summed E-state index contributed by atoms with van der Waals surface area (Å²) in [7, 11) is 0. The third kappa shape index (κ3) is 10.8. The van der Waals surface area contributed by atoms with Gasteiger partial charge in [0, 0.05) is 55.6 Å². The van der Waals surface area contributed by atoms with Crippen molar-refractivity contribution >= 4 is 27.3 Å². The van der Waals surface area contributed by atoms with Crippen molar-refractivity contribution in [3.63, 3.8) is 0 Å². The van der Waals surface area contributed by atoms with Crippen molar-refractivity contribution < 1.29 is 34.4 Å². The number of fused-ring (bicyclic) bond motifs is 3. The van der Waals surface area contributed by atoms with Gasteiger partial charge in [-0.15, -0.1) is 70.8 Å². The molecule has 0 spiro atoms. The number of allylic oxidation sites excluding steroid dienone is 2. The summed E-state index contributed by atoms with van der Waals surface area (Å²) in [6.07, 6.45) is 10.1. The second-order valence-corrected chi connectivity index (χ2v) is 13.9. The van der Waals surface area contributed by atoms with Crippen LogP contribution in [-0.4, -0.2) is 20.9 Å². The average Bonchev–Trinajstić information content (AvgIpc) is 3.17. The molecule has 279 valence electrons. The van der Waals surface area contributed by atoms with Crippen molar-refractivity contribution in [1.82, 2.24) is 9.97 Å². The summed E-state index contributed by atoms with van der Waals surface area (Å²) < 4.78 is 13.7. The molecular formula is C47H51FIrN2O2-2. The van der Waals surface area contributed by atoms with Crippen LogP contribution >= 0.6 is 0 Å². The van der Waals surface area contributed by atoms with E-state index in [2.05, 4.69) is 47.2 Å². The van der Waals surface area contributed by atoms with Crippen molar-refractivity contribution in [2.45, 2.75) is 81.1 Å². The Morgan fingerprint density at radius 1 is 0.792 bits per heavy atom. The van der Waals surface area contributed by atoms with Crippen LogP contribution in [0.25, 0.3) is 43.9 Å². The quantitative estimate of drug-likeness (QED) is 0.0680. The van der Waals surface area contributed by atoms with Gasteiger partial charge in [0.25, 0.3) is 0 Å². The van der Waals surface area contributed by atoms with Crippen molar-refractivity contribution in [2.24, 2.45) is 10.8 Å². The molecule has 6 aromatic rings. The Labute approximate surface area is 329 Å². The predicted octanol–water partition coefficient (Wildman–Crippen LogP) is 12.8. The summed E-state index contributed by atoms with van der Waals surface area (Å²) in [5.74, 6) is 0.0649. The minimum absolute atomic E-state index is 0. The van der Waals surface area contributed by atoms with Crippen LogP contribution in [0, 0.1) is 42.6 Å². The predicted molar refractivity (Wildman–Crippen MR) is 215 cm³/mol. The topological polar surface area (TPSA) is 63.1 Å². The third-order valence-electron chi connectivity index (χ3n) is 10.4. The first-order chi connectivity index (χ1) is 24.9. The van der Waals surface area contributed by atoms with E-state index in [1.807, 2.05) is 109 Å². The first-order valence-corrected chi connectivity index (χ1v) is 18.2. The van der Waals surface area contributed by atoms with E-state index in [0.717, 1.165) is 75.2 Å². The number of ketones is 1. The molecule has 0 atom stereocenters. The molecule has 0 aliphatic rings. The molecular weight excluding hydrogens is 836 g/mol. The van der Waals surface area contributed by atoms with Gasteiger partial charge in [0.1, 0.15) is 11.6 Å². The maximum atomic E-state index is 13.7. The van der Waals surface area contributed by atoms with Gasteiger partial charge in [-0.2, -0.15) is 0 Å². The fraction of sp³-hybridized carbons (Fsp3) is 0.298. The molecule has 0 aliphatic heterocycles. The van der Waals surface area contributed by atoms with Crippen molar-refractivity contribution in [3.05, 3.63) is 144 Å². The van der Waals surface area contributed by atoms with E-state index in [-0.39, 0.29) is 48.3 Å². The smallest absolute Gasteiger partial charge is 0.164 e. The van der Waals surface area contributed by atoms with Crippen LogP contribution in [-0.2, 0) is 24.9 Å². The minimum Gasteiger partial charge on any atom is -0.512 e. The van der Waals surface area contributed by atoms with Crippen molar-refractivity contribution in [1.29, 1.82) is 0 Å². The number of aryl methyl sites for hydroxylation is 2. The van der Waals surface area contributed by atoms with E-state index in [0.29, 0.717) is 0 Å². The van der Waals surface area contributed by atoms with Gasteiger partial charge in [0.2, 0.25) is 0 Å². The molecule has 2 heterocycles. The number of carbonyl (C=O) groups is 1. The van der Waals surface area contributed by atoms with Crippen LogP contribution in [0.2, 0.25) is 0 Å². The molecule has 0 amide bonds. The molecule has 0 saturated carbocycles. The second kappa shape index (κ2) is 19.5. The molecule has 0 fully saturated rings. The monoisotopic (exact) mass is 887 g/mol. The van der Waals surface area contributed by atoms with Gasteiger partial charge in [-0.05, 0) is 77.2 Å². The van der Waals surface area contributed by atoms with E-state index in [9.17, 15) is 14.3 Å². The number of aliphatic hydroxyl groups excluding tert-OH is 1. The van der Waals surface area contributed by atoms with E-state index in [1.54, 1.807) is 18.5 Å². The van der Waals surface area contributed by atoms with E-state index in [4.69, 9.17) is 0 Å². The number of halogens is 1. The van der Waals surface area contributed by atoms with Crippen LogP contribution in [0.3, 0.4) is 0 Å². The number of aliphatic hydroxyl groups is 1. The Balaban J connectivity index is 0.000000224. The van der Waals surface area contributed by atoms with Gasteiger partial charge >= 0.3 is 0 Å². The summed E-state index contributed by atoms with van der Waals surface area (Å²) in [4.78, 5) is 20.7. The first kappa shape index (κ1) is 42.9. The summed E-state index contributed by atoms with van der Waals surface area (Å²) in [6.45, 7) is 16.2. The molecule has 2 aromatic heterocycles. The number of nitrogens with zero attached hydrogens (tertiary/aromatic N) is 2. The third-order valence-corrected chi connectivity index (χ3v) is 10.4. The zero-order valence-electron chi connectivity index (χ0n) is 32.2. The number of hydrogen-bond acceptors (Lipinski definition) is 4. The zero-order chi connectivity index (χ0) is 37.9. The number of benzene rings is 4. The number of aromatic nitrogens is 2. The fourth-order valence-electron chi connectivity index (χ4n) is 5.99. The van der Waals surface area contributed by atoms with Gasteiger partial charge in [-0.25, -0.2) is 4.39 Å².